The van der Waals surface area contributed by atoms with Crippen LogP contribution < -0.4 is 5.32 Å². The minimum Gasteiger partial charge on any atom is -0.480 e. The lowest BCUT2D eigenvalue weighted by Crippen LogP contribution is -2.47. The molecule has 98 valence electrons. The Morgan fingerprint density at radius 1 is 1.44 bits per heavy atom. The predicted molar refractivity (Wildman–Crippen MR) is 68.9 cm³/mol. The third-order valence-electron chi connectivity index (χ3n) is 3.01. The lowest BCUT2D eigenvalue weighted by atomic mass is 10.0. The van der Waals surface area contributed by atoms with E-state index < -0.39 is 12.0 Å². The van der Waals surface area contributed by atoms with Crippen molar-refractivity contribution in [3.8, 4) is 0 Å². The van der Waals surface area contributed by atoms with Gasteiger partial charge in [-0.25, -0.2) is 4.39 Å². The third kappa shape index (κ3) is 2.88. The number of carboxylic acid groups (broad SMARTS) is 1. The molecule has 0 radical (unpaired) electrons. The fraction of sp³-hybridized carbons (Fsp3) is 0.417. The molecule has 0 aromatic heterocycles. The molecule has 0 spiro atoms. The molecule has 1 saturated heterocycles. The molecule has 0 amide bonds. The average Bonchev–Trinajstić information content (AvgIpc) is 2.35. The van der Waals surface area contributed by atoms with E-state index in [4.69, 9.17) is 0 Å². The summed E-state index contributed by atoms with van der Waals surface area (Å²) in [5.41, 5.74) is 0.595. The number of benzene rings is 1. The van der Waals surface area contributed by atoms with Crippen molar-refractivity contribution < 1.29 is 14.3 Å². The molecule has 1 aromatic rings. The maximum atomic E-state index is 13.2. The summed E-state index contributed by atoms with van der Waals surface area (Å²) in [6, 6.07) is 3.64. The fourth-order valence-corrected chi connectivity index (χ4v) is 2.53. The molecule has 1 aliphatic heterocycles. The zero-order valence-corrected chi connectivity index (χ0v) is 11.3. The van der Waals surface area contributed by atoms with E-state index in [1.807, 2.05) is 4.90 Å². The van der Waals surface area contributed by atoms with E-state index in [0.717, 1.165) is 13.1 Å². The quantitative estimate of drug-likeness (QED) is 0.889. The lowest BCUT2D eigenvalue weighted by Gasteiger charge is -2.32. The first-order chi connectivity index (χ1) is 8.59. The van der Waals surface area contributed by atoms with Gasteiger partial charge in [0.05, 0.1) is 4.47 Å². The second-order valence-corrected chi connectivity index (χ2v) is 5.05. The van der Waals surface area contributed by atoms with Crippen LogP contribution in [0.25, 0.3) is 0 Å². The Labute approximate surface area is 113 Å². The number of carbonyl (C=O) groups is 1. The summed E-state index contributed by atoms with van der Waals surface area (Å²) >= 11 is 3.09. The minimum absolute atomic E-state index is 0.293. The molecular weight excluding hydrogens is 303 g/mol. The Hall–Kier alpha value is -0.980. The Bertz CT molecular complexity index is 450. The highest BCUT2D eigenvalue weighted by Gasteiger charge is 2.28. The number of nitrogens with zero attached hydrogens (tertiary/aromatic N) is 1. The molecule has 0 saturated carbocycles. The second kappa shape index (κ2) is 5.77. The summed E-state index contributed by atoms with van der Waals surface area (Å²) in [4.78, 5) is 13.3. The minimum atomic E-state index is -0.907. The van der Waals surface area contributed by atoms with Gasteiger partial charge in [0.15, 0.2) is 0 Å². The molecule has 18 heavy (non-hydrogen) atoms. The normalized spacial score (nSPS) is 18.6. The van der Waals surface area contributed by atoms with Crippen LogP contribution in [0.4, 0.5) is 4.39 Å². The SMILES string of the molecule is O=C(O)C(c1ccc(F)c(Br)c1)N1CCNCC1. The standard InChI is InChI=1S/C12H14BrFN2O2/c13-9-7-8(1-2-10(9)14)11(12(17)18)16-5-3-15-4-6-16/h1-2,7,11,15H,3-6H2,(H,17,18). The van der Waals surface area contributed by atoms with E-state index in [9.17, 15) is 14.3 Å². The highest BCUT2D eigenvalue weighted by atomic mass is 79.9. The summed E-state index contributed by atoms with van der Waals surface area (Å²) in [5, 5.41) is 12.5. The average molecular weight is 317 g/mol. The van der Waals surface area contributed by atoms with E-state index in [-0.39, 0.29) is 5.82 Å². The van der Waals surface area contributed by atoms with Crippen LogP contribution in [-0.4, -0.2) is 42.2 Å². The van der Waals surface area contributed by atoms with Crippen molar-refractivity contribution >= 4 is 21.9 Å². The van der Waals surface area contributed by atoms with Crippen molar-refractivity contribution in [2.45, 2.75) is 6.04 Å². The van der Waals surface area contributed by atoms with Gasteiger partial charge in [0.25, 0.3) is 0 Å². The van der Waals surface area contributed by atoms with Crippen molar-refractivity contribution in [3.05, 3.63) is 34.1 Å². The van der Waals surface area contributed by atoms with Crippen molar-refractivity contribution in [1.82, 2.24) is 10.2 Å². The number of hydrogen-bond donors (Lipinski definition) is 2. The van der Waals surface area contributed by atoms with Crippen LogP contribution >= 0.6 is 15.9 Å². The van der Waals surface area contributed by atoms with E-state index in [1.165, 1.54) is 18.2 Å². The van der Waals surface area contributed by atoms with Gasteiger partial charge in [0.1, 0.15) is 11.9 Å². The number of hydrogen-bond acceptors (Lipinski definition) is 3. The third-order valence-corrected chi connectivity index (χ3v) is 3.62. The zero-order valence-electron chi connectivity index (χ0n) is 9.70. The summed E-state index contributed by atoms with van der Waals surface area (Å²) in [6.45, 7) is 2.89. The maximum Gasteiger partial charge on any atom is 0.325 e. The first-order valence-corrected chi connectivity index (χ1v) is 6.51. The van der Waals surface area contributed by atoms with Crippen molar-refractivity contribution in [2.75, 3.05) is 26.2 Å². The number of rotatable bonds is 3. The summed E-state index contributed by atoms with van der Waals surface area (Å²) in [6.07, 6.45) is 0. The Kier molecular flexibility index (Phi) is 4.31. The van der Waals surface area contributed by atoms with E-state index in [2.05, 4.69) is 21.2 Å². The Morgan fingerprint density at radius 3 is 2.67 bits per heavy atom. The van der Waals surface area contributed by atoms with Crippen LogP contribution in [0.15, 0.2) is 22.7 Å². The summed E-state index contributed by atoms with van der Waals surface area (Å²) < 4.78 is 13.5. The largest absolute Gasteiger partial charge is 0.480 e. The molecule has 1 unspecified atom stereocenters. The molecule has 4 nitrogen and oxygen atoms in total. The topological polar surface area (TPSA) is 52.6 Å². The molecule has 1 fully saturated rings. The molecule has 1 aliphatic rings. The second-order valence-electron chi connectivity index (χ2n) is 4.20. The van der Waals surface area contributed by atoms with E-state index in [0.29, 0.717) is 23.1 Å². The van der Waals surface area contributed by atoms with Gasteiger partial charge in [-0.3, -0.25) is 9.69 Å². The Balaban J connectivity index is 2.28. The number of halogens is 2. The van der Waals surface area contributed by atoms with Gasteiger partial charge in [-0.15, -0.1) is 0 Å². The van der Waals surface area contributed by atoms with E-state index in [1.54, 1.807) is 0 Å². The lowest BCUT2D eigenvalue weighted by molar-refractivity contribution is -0.143. The van der Waals surface area contributed by atoms with Gasteiger partial charge in [-0.2, -0.15) is 0 Å². The molecule has 0 aliphatic carbocycles. The van der Waals surface area contributed by atoms with Crippen LogP contribution in [-0.2, 0) is 4.79 Å². The van der Waals surface area contributed by atoms with Crippen LogP contribution in [0.1, 0.15) is 11.6 Å². The monoisotopic (exact) mass is 316 g/mol. The van der Waals surface area contributed by atoms with Crippen LogP contribution in [0.2, 0.25) is 0 Å². The van der Waals surface area contributed by atoms with Crippen LogP contribution in [0.3, 0.4) is 0 Å². The zero-order chi connectivity index (χ0) is 13.1. The predicted octanol–water partition coefficient (Wildman–Crippen LogP) is 1.62. The first kappa shape index (κ1) is 13.5. The van der Waals surface area contributed by atoms with Crippen LogP contribution in [0, 0.1) is 5.82 Å². The molecule has 6 heteroatoms. The molecule has 2 N–H and O–H groups in total. The number of piperazine rings is 1. The van der Waals surface area contributed by atoms with Gasteiger partial charge in [0.2, 0.25) is 0 Å². The molecule has 1 aromatic carbocycles. The summed E-state index contributed by atoms with van der Waals surface area (Å²) in [7, 11) is 0. The first-order valence-electron chi connectivity index (χ1n) is 5.72. The molecule has 0 bridgehead atoms. The highest BCUT2D eigenvalue weighted by Crippen LogP contribution is 2.26. The molecule has 1 heterocycles. The van der Waals surface area contributed by atoms with E-state index >= 15 is 0 Å². The summed E-state index contributed by atoms with van der Waals surface area (Å²) in [5.74, 6) is -1.29. The number of aliphatic carboxylic acids is 1. The number of nitrogens with one attached hydrogen (secondary N) is 1. The van der Waals surface area contributed by atoms with Crippen molar-refractivity contribution in [2.24, 2.45) is 0 Å². The van der Waals surface area contributed by atoms with Crippen LogP contribution in [0.5, 0.6) is 0 Å². The van der Waals surface area contributed by atoms with Gasteiger partial charge in [-0.05, 0) is 33.6 Å². The maximum absolute atomic E-state index is 13.2. The molecule has 1 atom stereocenters. The fourth-order valence-electron chi connectivity index (χ4n) is 2.13. The smallest absolute Gasteiger partial charge is 0.325 e. The van der Waals surface area contributed by atoms with Crippen molar-refractivity contribution in [3.63, 3.8) is 0 Å². The van der Waals surface area contributed by atoms with Gasteiger partial charge < -0.3 is 10.4 Å². The Morgan fingerprint density at radius 2 is 2.11 bits per heavy atom. The highest BCUT2D eigenvalue weighted by molar-refractivity contribution is 9.10. The van der Waals surface area contributed by atoms with Gasteiger partial charge in [0, 0.05) is 26.2 Å². The van der Waals surface area contributed by atoms with Gasteiger partial charge in [-0.1, -0.05) is 6.07 Å². The molecular formula is C12H14BrFN2O2. The number of carboxylic acids is 1. The molecule has 2 rings (SSSR count). The van der Waals surface area contributed by atoms with Gasteiger partial charge >= 0.3 is 5.97 Å². The van der Waals surface area contributed by atoms with Crippen molar-refractivity contribution in [1.29, 1.82) is 0 Å².